The zero-order chi connectivity index (χ0) is 21.1. The van der Waals surface area contributed by atoms with Crippen molar-refractivity contribution >= 4 is 34.0 Å². The van der Waals surface area contributed by atoms with Gasteiger partial charge in [0.25, 0.3) is 11.8 Å². The maximum Gasteiger partial charge on any atom is 0.254 e. The Labute approximate surface area is 188 Å². The highest BCUT2D eigenvalue weighted by Gasteiger charge is 2.67. The highest BCUT2D eigenvalue weighted by Crippen LogP contribution is 2.65. The predicted octanol–water partition coefficient (Wildman–Crippen LogP) is 4.42. The molecule has 0 N–H and O–H groups in total. The van der Waals surface area contributed by atoms with Crippen LogP contribution in [0.3, 0.4) is 0 Å². The number of carbonyl (C=O) groups excluding carboxylic acids is 2. The van der Waals surface area contributed by atoms with Crippen molar-refractivity contribution in [1.82, 2.24) is 5.01 Å². The fourth-order valence-electron chi connectivity index (χ4n) is 5.58. The van der Waals surface area contributed by atoms with E-state index >= 15 is 0 Å². The minimum absolute atomic E-state index is 0.134. The lowest BCUT2D eigenvalue weighted by molar-refractivity contribution is -0.140. The van der Waals surface area contributed by atoms with Gasteiger partial charge in [-0.05, 0) is 77.6 Å². The summed E-state index contributed by atoms with van der Waals surface area (Å²) in [4.78, 5) is 25.9. The Kier molecular flexibility index (Phi) is 4.39. The number of amides is 2. The van der Waals surface area contributed by atoms with Crippen LogP contribution in [0.15, 0.2) is 70.3 Å². The van der Waals surface area contributed by atoms with E-state index in [4.69, 9.17) is 4.74 Å². The molecule has 1 aliphatic heterocycles. The lowest BCUT2D eigenvalue weighted by Crippen LogP contribution is -2.40. The second-order valence-corrected chi connectivity index (χ2v) is 9.79. The predicted molar refractivity (Wildman–Crippen MR) is 119 cm³/mol. The Morgan fingerprint density at radius 1 is 0.935 bits per heavy atom. The Morgan fingerprint density at radius 3 is 2.16 bits per heavy atom. The highest BCUT2D eigenvalue weighted by atomic mass is 79.9. The van der Waals surface area contributed by atoms with Gasteiger partial charge in [0.1, 0.15) is 12.4 Å². The van der Waals surface area contributed by atoms with E-state index in [2.05, 4.69) is 33.2 Å². The van der Waals surface area contributed by atoms with Gasteiger partial charge in [0.05, 0.1) is 18.1 Å². The molecule has 7 rings (SSSR count). The molecule has 2 aromatic carbocycles. The van der Waals surface area contributed by atoms with Gasteiger partial charge in [0.15, 0.2) is 0 Å². The molecule has 5 nitrogen and oxygen atoms in total. The van der Waals surface area contributed by atoms with Crippen molar-refractivity contribution < 1.29 is 14.3 Å². The van der Waals surface area contributed by atoms with Crippen molar-refractivity contribution in [3.8, 4) is 5.75 Å². The number of rotatable bonds is 5. The van der Waals surface area contributed by atoms with E-state index in [0.29, 0.717) is 18.4 Å². The van der Waals surface area contributed by atoms with E-state index in [9.17, 15) is 9.59 Å². The third-order valence-corrected chi connectivity index (χ3v) is 7.69. The summed E-state index contributed by atoms with van der Waals surface area (Å²) in [6.45, 7) is 0.485. The smallest absolute Gasteiger partial charge is 0.254 e. The van der Waals surface area contributed by atoms with E-state index in [1.165, 1.54) is 0 Å². The van der Waals surface area contributed by atoms with Crippen molar-refractivity contribution in [2.45, 2.75) is 13.0 Å². The fourth-order valence-corrected chi connectivity index (χ4v) is 5.84. The van der Waals surface area contributed by atoms with E-state index in [0.717, 1.165) is 32.8 Å². The SMILES string of the molecule is O=C1[C@@H]2[C@H]3C=C[C@@H]([C@@H]4C[C@H]34)[C@@H]2C(=O)N1N=Cc1ccc(OCc2ccc(Br)cc2)cc1. The first-order valence-electron chi connectivity index (χ1n) is 10.7. The molecule has 31 heavy (non-hydrogen) atoms. The van der Waals surface area contributed by atoms with Gasteiger partial charge in [-0.15, -0.1) is 0 Å². The normalized spacial score (nSPS) is 32.5. The van der Waals surface area contributed by atoms with Gasteiger partial charge in [-0.2, -0.15) is 10.1 Å². The number of halogens is 1. The number of carbonyl (C=O) groups is 2. The summed E-state index contributed by atoms with van der Waals surface area (Å²) >= 11 is 3.43. The summed E-state index contributed by atoms with van der Waals surface area (Å²) in [7, 11) is 0. The zero-order valence-electron chi connectivity index (χ0n) is 16.7. The maximum absolute atomic E-state index is 13.0. The van der Waals surface area contributed by atoms with Crippen LogP contribution in [0.1, 0.15) is 17.5 Å². The molecular formula is C25H21BrN2O3. The number of hydrogen-bond acceptors (Lipinski definition) is 4. The molecule has 6 atom stereocenters. The molecule has 156 valence electrons. The summed E-state index contributed by atoms with van der Waals surface area (Å²) in [5.74, 6) is 1.70. The standard InChI is InChI=1S/C25H21BrN2O3/c26-16-5-1-15(2-6-16)13-31-17-7-3-14(4-8-17)12-27-28-24(29)22-18-9-10-19(21-11-20(18)21)23(22)25(28)30/h1-10,12,18-23H,11,13H2/t18-,19-,20-,21+,22-,23+/m0/s1. The molecule has 2 amide bonds. The molecule has 3 fully saturated rings. The van der Waals surface area contributed by atoms with Gasteiger partial charge in [0.2, 0.25) is 0 Å². The number of ether oxygens (including phenoxy) is 1. The average Bonchev–Trinajstić information content (AvgIpc) is 3.57. The number of benzene rings is 2. The third kappa shape index (κ3) is 3.16. The van der Waals surface area contributed by atoms with E-state index in [1.807, 2.05) is 48.5 Å². The first-order valence-corrected chi connectivity index (χ1v) is 11.5. The Morgan fingerprint density at radius 2 is 1.55 bits per heavy atom. The molecule has 4 aliphatic carbocycles. The Balaban J connectivity index is 1.12. The van der Waals surface area contributed by atoms with Gasteiger partial charge in [-0.1, -0.05) is 40.2 Å². The van der Waals surface area contributed by atoms with Gasteiger partial charge >= 0.3 is 0 Å². The summed E-state index contributed by atoms with van der Waals surface area (Å²) in [5.41, 5.74) is 1.90. The Bertz CT molecular complexity index is 1070. The van der Waals surface area contributed by atoms with Crippen molar-refractivity contribution in [3.05, 3.63) is 76.3 Å². The molecular weight excluding hydrogens is 456 g/mol. The van der Waals surface area contributed by atoms with Gasteiger partial charge in [-0.25, -0.2) is 0 Å². The third-order valence-electron chi connectivity index (χ3n) is 7.16. The molecule has 0 aromatic heterocycles. The number of hydrazone groups is 1. The molecule has 6 heteroatoms. The monoisotopic (exact) mass is 476 g/mol. The Hall–Kier alpha value is -2.73. The molecule has 0 radical (unpaired) electrons. The lowest BCUT2D eigenvalue weighted by atomic mass is 9.63. The molecule has 1 heterocycles. The minimum Gasteiger partial charge on any atom is -0.489 e. The first kappa shape index (κ1) is 19.0. The van der Waals surface area contributed by atoms with Crippen LogP contribution in [0.4, 0.5) is 0 Å². The van der Waals surface area contributed by atoms with Crippen LogP contribution < -0.4 is 4.74 Å². The van der Waals surface area contributed by atoms with Crippen LogP contribution in [0.2, 0.25) is 0 Å². The molecule has 2 bridgehead atoms. The molecule has 2 aromatic rings. The second kappa shape index (κ2) is 7.16. The van der Waals surface area contributed by atoms with Crippen LogP contribution in [0, 0.1) is 35.5 Å². The molecule has 5 aliphatic rings. The molecule has 0 spiro atoms. The summed E-state index contributed by atoms with van der Waals surface area (Å²) in [5, 5.41) is 5.40. The minimum atomic E-state index is -0.210. The highest BCUT2D eigenvalue weighted by molar-refractivity contribution is 9.10. The van der Waals surface area contributed by atoms with Crippen LogP contribution in [0.5, 0.6) is 5.75 Å². The van der Waals surface area contributed by atoms with Gasteiger partial charge in [0, 0.05) is 4.47 Å². The summed E-state index contributed by atoms with van der Waals surface area (Å²) in [6.07, 6.45) is 7.09. The largest absolute Gasteiger partial charge is 0.489 e. The van der Waals surface area contributed by atoms with Crippen LogP contribution in [0.25, 0.3) is 0 Å². The molecule has 2 saturated carbocycles. The summed E-state index contributed by atoms with van der Waals surface area (Å²) < 4.78 is 6.86. The second-order valence-electron chi connectivity index (χ2n) is 8.87. The maximum atomic E-state index is 13.0. The van der Waals surface area contributed by atoms with Crippen LogP contribution in [-0.2, 0) is 16.2 Å². The fraction of sp³-hybridized carbons (Fsp3) is 0.320. The van der Waals surface area contributed by atoms with E-state index < -0.39 is 0 Å². The molecule has 0 unspecified atom stereocenters. The number of nitrogens with zero attached hydrogens (tertiary/aromatic N) is 2. The first-order chi connectivity index (χ1) is 15.1. The van der Waals surface area contributed by atoms with E-state index in [1.54, 1.807) is 6.21 Å². The van der Waals surface area contributed by atoms with Gasteiger partial charge in [-0.3, -0.25) is 9.59 Å². The molecule has 1 saturated heterocycles. The van der Waals surface area contributed by atoms with Crippen molar-refractivity contribution in [1.29, 1.82) is 0 Å². The van der Waals surface area contributed by atoms with Crippen molar-refractivity contribution in [2.75, 3.05) is 0 Å². The average molecular weight is 477 g/mol. The number of hydrogen-bond donors (Lipinski definition) is 0. The quantitative estimate of drug-likeness (QED) is 0.364. The van der Waals surface area contributed by atoms with Crippen molar-refractivity contribution in [2.24, 2.45) is 40.6 Å². The zero-order valence-corrected chi connectivity index (χ0v) is 18.3. The van der Waals surface area contributed by atoms with E-state index in [-0.39, 0.29) is 35.5 Å². The summed E-state index contributed by atoms with van der Waals surface area (Å²) in [6, 6.07) is 15.5. The lowest BCUT2D eigenvalue weighted by Gasteiger charge is -2.37. The van der Waals surface area contributed by atoms with Crippen LogP contribution in [-0.4, -0.2) is 23.0 Å². The van der Waals surface area contributed by atoms with Gasteiger partial charge < -0.3 is 4.74 Å². The van der Waals surface area contributed by atoms with Crippen LogP contribution >= 0.6 is 15.9 Å². The number of imide groups is 1. The van der Waals surface area contributed by atoms with Crippen molar-refractivity contribution in [3.63, 3.8) is 0 Å². The topological polar surface area (TPSA) is 59.0 Å². The number of allylic oxidation sites excluding steroid dienone is 2.